The third-order valence-electron chi connectivity index (χ3n) is 8.80. The van der Waals surface area contributed by atoms with Gasteiger partial charge in [0.05, 0.1) is 0 Å². The molecule has 4 aromatic carbocycles. The number of ether oxygens (including phenoxy) is 1. The summed E-state index contributed by atoms with van der Waals surface area (Å²) in [6.45, 7) is 2.58. The first-order chi connectivity index (χ1) is 20.5. The number of rotatable bonds is 9. The van der Waals surface area contributed by atoms with Crippen LogP contribution in [-0.4, -0.2) is 60.8 Å². The van der Waals surface area contributed by atoms with E-state index in [0.29, 0.717) is 22.3 Å². The molecule has 1 fully saturated rings. The number of aliphatic hydroxyl groups excluding tert-OH is 1. The number of Topliss-reactive ketones (excluding diaryl/α,β-unsaturated/α-hetero) is 1. The Balaban J connectivity index is 1.85. The van der Waals surface area contributed by atoms with Gasteiger partial charge in [0.1, 0.15) is 17.8 Å². The van der Waals surface area contributed by atoms with Gasteiger partial charge in [0.15, 0.2) is 17.5 Å². The first-order valence-corrected chi connectivity index (χ1v) is 14.4. The van der Waals surface area contributed by atoms with Crippen LogP contribution in [0, 0.1) is 13.8 Å². The average Bonchev–Trinajstić information content (AvgIpc) is 3.00. The molecule has 1 heterocycles. The lowest BCUT2D eigenvalue weighted by atomic mass is 9.55. The van der Waals surface area contributed by atoms with Gasteiger partial charge < -0.3 is 30.3 Å². The molecule has 0 radical (unpaired) electrons. The van der Waals surface area contributed by atoms with Crippen LogP contribution in [0.3, 0.4) is 0 Å². The SMILES string of the molecule is Cc1ccc(C2(O)O[C@H](C(=O)CO)[C@](O)(Cc3ccccc3)[C@@](O)(Cc3ccccc3)[C@@]2(O)Cc2ccccc2)c(C)c1. The van der Waals surface area contributed by atoms with Crippen LogP contribution in [0.25, 0.3) is 0 Å². The Morgan fingerprint density at radius 2 is 1.14 bits per heavy atom. The fourth-order valence-electron chi connectivity index (χ4n) is 6.61. The third kappa shape index (κ3) is 5.23. The summed E-state index contributed by atoms with van der Waals surface area (Å²) in [6, 6.07) is 31.5. The van der Waals surface area contributed by atoms with Gasteiger partial charge in [-0.15, -0.1) is 0 Å². The number of aliphatic hydroxyl groups is 5. The standard InChI is InChI=1S/C36H38O7/c1-25-18-19-30(26(2)20-25)36(42)35(41,23-29-16-10-5-11-17-29)34(40,22-28-14-8-4-9-15-28)33(39,32(43-36)31(38)24-37)21-27-12-6-3-7-13-27/h3-20,32,37,39-42H,21-24H2,1-2H3/t32-,33-,34+,35+,36?/m1/s1. The monoisotopic (exact) mass is 582 g/mol. The highest BCUT2D eigenvalue weighted by Gasteiger charge is 2.77. The molecular weight excluding hydrogens is 544 g/mol. The van der Waals surface area contributed by atoms with Crippen molar-refractivity contribution < 1.29 is 35.1 Å². The molecule has 5 rings (SSSR count). The van der Waals surface area contributed by atoms with Gasteiger partial charge in [0, 0.05) is 24.8 Å². The number of hydrogen-bond acceptors (Lipinski definition) is 7. The average molecular weight is 583 g/mol. The van der Waals surface area contributed by atoms with Gasteiger partial charge in [-0.3, -0.25) is 4.79 Å². The molecule has 0 aromatic heterocycles. The second-order valence-electron chi connectivity index (χ2n) is 11.7. The maximum atomic E-state index is 13.5. The summed E-state index contributed by atoms with van der Waals surface area (Å²) >= 11 is 0. The zero-order valence-electron chi connectivity index (χ0n) is 24.4. The molecule has 1 unspecified atom stereocenters. The quantitative estimate of drug-likeness (QED) is 0.205. The van der Waals surface area contributed by atoms with E-state index in [0.717, 1.165) is 5.56 Å². The highest BCUT2D eigenvalue weighted by atomic mass is 16.7. The smallest absolute Gasteiger partial charge is 0.226 e. The van der Waals surface area contributed by atoms with Crippen LogP contribution in [0.2, 0.25) is 0 Å². The maximum Gasteiger partial charge on any atom is 0.226 e. The van der Waals surface area contributed by atoms with Crippen LogP contribution in [0.5, 0.6) is 0 Å². The van der Waals surface area contributed by atoms with Gasteiger partial charge in [-0.1, -0.05) is 115 Å². The van der Waals surface area contributed by atoms with Crippen molar-refractivity contribution in [1.82, 2.24) is 0 Å². The maximum absolute atomic E-state index is 13.5. The van der Waals surface area contributed by atoms with Gasteiger partial charge in [-0.05, 0) is 36.1 Å². The van der Waals surface area contributed by atoms with Crippen molar-refractivity contribution in [2.45, 2.75) is 61.8 Å². The van der Waals surface area contributed by atoms with Gasteiger partial charge in [0.25, 0.3) is 0 Å². The fraction of sp³-hybridized carbons (Fsp3) is 0.306. The zero-order chi connectivity index (χ0) is 30.9. The molecule has 5 atom stereocenters. The Kier molecular flexibility index (Phi) is 8.42. The van der Waals surface area contributed by atoms with Crippen molar-refractivity contribution in [2.24, 2.45) is 0 Å². The van der Waals surface area contributed by atoms with Crippen LogP contribution in [0.15, 0.2) is 109 Å². The molecule has 0 bridgehead atoms. The molecule has 43 heavy (non-hydrogen) atoms. The topological polar surface area (TPSA) is 127 Å². The molecule has 5 N–H and O–H groups in total. The minimum atomic E-state index is -2.71. The molecule has 1 aliphatic heterocycles. The minimum absolute atomic E-state index is 0.125. The summed E-state index contributed by atoms with van der Waals surface area (Å²) in [6.07, 6.45) is -2.95. The summed E-state index contributed by atoms with van der Waals surface area (Å²) in [5.74, 6) is -3.65. The predicted molar refractivity (Wildman–Crippen MR) is 162 cm³/mol. The second-order valence-corrected chi connectivity index (χ2v) is 11.7. The highest BCUT2D eigenvalue weighted by Crippen LogP contribution is 2.56. The van der Waals surface area contributed by atoms with Crippen LogP contribution < -0.4 is 0 Å². The van der Waals surface area contributed by atoms with E-state index in [-0.39, 0.29) is 24.8 Å². The summed E-state index contributed by atoms with van der Waals surface area (Å²) in [4.78, 5) is 13.5. The van der Waals surface area contributed by atoms with Crippen LogP contribution in [0.1, 0.15) is 33.4 Å². The first kappa shape index (κ1) is 30.8. The predicted octanol–water partition coefficient (Wildman–Crippen LogP) is 3.33. The number of carbonyl (C=O) groups excluding carboxylic acids is 1. The largest absolute Gasteiger partial charge is 0.388 e. The molecule has 0 aliphatic carbocycles. The lowest BCUT2D eigenvalue weighted by molar-refractivity contribution is -0.439. The van der Waals surface area contributed by atoms with E-state index in [9.17, 15) is 30.3 Å². The summed E-state index contributed by atoms with van der Waals surface area (Å²) in [5.41, 5.74) is -4.57. The Labute approximate surface area is 251 Å². The van der Waals surface area contributed by atoms with E-state index in [1.165, 1.54) is 0 Å². The lowest BCUT2D eigenvalue weighted by Crippen LogP contribution is -2.85. The molecule has 7 nitrogen and oxygen atoms in total. The summed E-state index contributed by atoms with van der Waals surface area (Å²) in [5, 5.41) is 61.9. The Morgan fingerprint density at radius 3 is 1.60 bits per heavy atom. The van der Waals surface area contributed by atoms with Crippen molar-refractivity contribution in [2.75, 3.05) is 6.61 Å². The van der Waals surface area contributed by atoms with E-state index in [1.807, 2.05) is 6.92 Å². The molecular formula is C36H38O7. The van der Waals surface area contributed by atoms with Gasteiger partial charge in [-0.25, -0.2) is 0 Å². The van der Waals surface area contributed by atoms with Crippen LogP contribution >= 0.6 is 0 Å². The van der Waals surface area contributed by atoms with E-state index in [2.05, 4.69) is 0 Å². The normalized spacial score (nSPS) is 28.9. The first-order valence-electron chi connectivity index (χ1n) is 14.4. The number of hydrogen-bond donors (Lipinski definition) is 5. The Morgan fingerprint density at radius 1 is 0.674 bits per heavy atom. The third-order valence-corrected chi connectivity index (χ3v) is 8.80. The van der Waals surface area contributed by atoms with E-state index < -0.39 is 41.1 Å². The molecule has 0 spiro atoms. The van der Waals surface area contributed by atoms with Gasteiger partial charge in [0.2, 0.25) is 5.79 Å². The van der Waals surface area contributed by atoms with Crippen LogP contribution in [-0.2, 0) is 34.6 Å². The van der Waals surface area contributed by atoms with Crippen LogP contribution in [0.4, 0.5) is 0 Å². The number of ketones is 1. The molecule has 7 heteroatoms. The summed E-state index contributed by atoms with van der Waals surface area (Å²) in [7, 11) is 0. The molecule has 1 saturated heterocycles. The Bertz CT molecular complexity index is 1560. The van der Waals surface area contributed by atoms with Crippen molar-refractivity contribution in [3.8, 4) is 0 Å². The van der Waals surface area contributed by atoms with Crippen molar-refractivity contribution in [1.29, 1.82) is 0 Å². The molecule has 1 aliphatic rings. The molecule has 4 aromatic rings. The number of benzene rings is 4. The Hall–Kier alpha value is -3.69. The molecule has 224 valence electrons. The summed E-state index contributed by atoms with van der Waals surface area (Å²) < 4.78 is 6.23. The minimum Gasteiger partial charge on any atom is -0.388 e. The molecule has 0 amide bonds. The van der Waals surface area contributed by atoms with Crippen molar-refractivity contribution in [3.63, 3.8) is 0 Å². The van der Waals surface area contributed by atoms with Crippen molar-refractivity contribution >= 4 is 5.78 Å². The van der Waals surface area contributed by atoms with Crippen molar-refractivity contribution in [3.05, 3.63) is 143 Å². The van der Waals surface area contributed by atoms with Gasteiger partial charge in [-0.2, -0.15) is 0 Å². The number of carbonyl (C=O) groups is 1. The highest BCUT2D eigenvalue weighted by molar-refractivity contribution is 5.86. The van der Waals surface area contributed by atoms with E-state index >= 15 is 0 Å². The van der Waals surface area contributed by atoms with Gasteiger partial charge >= 0.3 is 0 Å². The fourth-order valence-corrected chi connectivity index (χ4v) is 6.61. The lowest BCUT2D eigenvalue weighted by Gasteiger charge is -2.64. The second kappa shape index (κ2) is 11.8. The van der Waals surface area contributed by atoms with E-state index in [1.54, 1.807) is 116 Å². The molecule has 0 saturated carbocycles. The zero-order valence-corrected chi connectivity index (χ0v) is 24.4. The number of aryl methyl sites for hydroxylation is 2. The van der Waals surface area contributed by atoms with E-state index in [4.69, 9.17) is 4.74 Å².